The third-order valence-corrected chi connectivity index (χ3v) is 2.87. The van der Waals surface area contributed by atoms with Gasteiger partial charge in [0.2, 0.25) is 0 Å². The lowest BCUT2D eigenvalue weighted by atomic mass is 10.2. The first kappa shape index (κ1) is 10.3. The highest BCUT2D eigenvalue weighted by Gasteiger charge is 2.12. The normalized spacial score (nSPS) is 17.4. The third-order valence-electron chi connectivity index (χ3n) is 2.08. The summed E-state index contributed by atoms with van der Waals surface area (Å²) in [6, 6.07) is 1.19. The van der Waals surface area contributed by atoms with E-state index < -0.39 is 0 Å². The molecule has 2 heteroatoms. The monoisotopic (exact) mass is 161 g/mol. The van der Waals surface area contributed by atoms with Gasteiger partial charge in [0.25, 0.3) is 0 Å². The first-order valence-electron chi connectivity index (χ1n) is 4.10. The Morgan fingerprint density at radius 2 is 1.40 bits per heavy atom. The van der Waals surface area contributed by atoms with Crippen molar-refractivity contribution >= 4 is 12.8 Å². The molecule has 0 saturated heterocycles. The number of thiol groups is 1. The highest BCUT2D eigenvalue weighted by molar-refractivity contribution is 7.77. The van der Waals surface area contributed by atoms with Crippen molar-refractivity contribution in [1.29, 1.82) is 0 Å². The van der Waals surface area contributed by atoms with Crippen molar-refractivity contribution in [2.45, 2.75) is 52.6 Å². The lowest BCUT2D eigenvalue weighted by Crippen LogP contribution is -2.31. The van der Waals surface area contributed by atoms with Crippen LogP contribution in [0.25, 0.3) is 0 Å². The van der Waals surface area contributed by atoms with Gasteiger partial charge in [-0.2, -0.15) is 0 Å². The summed E-state index contributed by atoms with van der Waals surface area (Å²) in [7, 11) is 0. The Balaban J connectivity index is 3.69. The quantitative estimate of drug-likeness (QED) is 0.620. The Morgan fingerprint density at radius 1 is 1.10 bits per heavy atom. The molecule has 0 amide bonds. The molecule has 0 radical (unpaired) electrons. The van der Waals surface area contributed by atoms with E-state index in [2.05, 4.69) is 44.8 Å². The summed E-state index contributed by atoms with van der Waals surface area (Å²) < 4.78 is 2.14. The van der Waals surface area contributed by atoms with Crippen LogP contribution >= 0.6 is 12.8 Å². The van der Waals surface area contributed by atoms with Gasteiger partial charge in [0, 0.05) is 12.1 Å². The fraction of sp³-hybridized carbons (Fsp3) is 1.00. The third kappa shape index (κ3) is 2.93. The van der Waals surface area contributed by atoms with Gasteiger partial charge in [-0.15, -0.1) is 0 Å². The van der Waals surface area contributed by atoms with E-state index in [9.17, 15) is 0 Å². The SMILES string of the molecule is CCC(C)N(S)C(C)CC. The smallest absolute Gasteiger partial charge is 0.0172 e. The molecule has 0 saturated carbocycles. The number of nitrogens with zero attached hydrogens (tertiary/aromatic N) is 1. The zero-order chi connectivity index (χ0) is 8.15. The van der Waals surface area contributed by atoms with E-state index in [0.717, 1.165) is 0 Å². The number of hydrogen-bond acceptors (Lipinski definition) is 2. The van der Waals surface area contributed by atoms with Crippen LogP contribution in [0, 0.1) is 0 Å². The van der Waals surface area contributed by atoms with Crippen molar-refractivity contribution in [3.05, 3.63) is 0 Å². The molecule has 0 aromatic heterocycles. The second kappa shape index (κ2) is 5.03. The van der Waals surface area contributed by atoms with Gasteiger partial charge in [-0.3, -0.25) is 0 Å². The van der Waals surface area contributed by atoms with Crippen molar-refractivity contribution in [3.8, 4) is 0 Å². The van der Waals surface area contributed by atoms with Crippen LogP contribution in [-0.4, -0.2) is 16.4 Å². The summed E-state index contributed by atoms with van der Waals surface area (Å²) >= 11 is 4.41. The van der Waals surface area contributed by atoms with Gasteiger partial charge in [0.15, 0.2) is 0 Å². The average Bonchev–Trinajstić information content (AvgIpc) is 2.00. The maximum atomic E-state index is 4.41. The molecule has 62 valence electrons. The maximum absolute atomic E-state index is 4.41. The molecule has 2 unspecified atom stereocenters. The molecular weight excluding hydrogens is 142 g/mol. The second-order valence-corrected chi connectivity index (χ2v) is 3.36. The first-order valence-corrected chi connectivity index (χ1v) is 4.50. The molecule has 10 heavy (non-hydrogen) atoms. The number of rotatable bonds is 4. The minimum absolute atomic E-state index is 0.596. The van der Waals surface area contributed by atoms with Crippen LogP contribution in [0.1, 0.15) is 40.5 Å². The fourth-order valence-corrected chi connectivity index (χ4v) is 1.14. The number of hydrogen-bond donors (Lipinski definition) is 1. The first-order chi connectivity index (χ1) is 4.63. The molecule has 0 N–H and O–H groups in total. The fourth-order valence-electron chi connectivity index (χ4n) is 0.809. The Labute approximate surface area is 70.3 Å². The molecule has 0 bridgehead atoms. The van der Waals surface area contributed by atoms with Crippen LogP contribution in [0.5, 0.6) is 0 Å². The minimum Gasteiger partial charge on any atom is -0.248 e. The Kier molecular flexibility index (Phi) is 5.18. The van der Waals surface area contributed by atoms with E-state index in [1.54, 1.807) is 0 Å². The van der Waals surface area contributed by atoms with Crippen LogP contribution in [0.2, 0.25) is 0 Å². The molecule has 0 fully saturated rings. The van der Waals surface area contributed by atoms with Crippen molar-refractivity contribution in [2.24, 2.45) is 0 Å². The van der Waals surface area contributed by atoms with E-state index in [4.69, 9.17) is 0 Å². The van der Waals surface area contributed by atoms with Gasteiger partial charge < -0.3 is 0 Å². The van der Waals surface area contributed by atoms with E-state index >= 15 is 0 Å². The van der Waals surface area contributed by atoms with Crippen molar-refractivity contribution in [3.63, 3.8) is 0 Å². The Hall–Kier alpha value is 0.310. The lowest BCUT2D eigenvalue weighted by Gasteiger charge is -2.27. The largest absolute Gasteiger partial charge is 0.248 e. The van der Waals surface area contributed by atoms with Gasteiger partial charge in [-0.05, 0) is 26.7 Å². The maximum Gasteiger partial charge on any atom is 0.0172 e. The highest BCUT2D eigenvalue weighted by Crippen LogP contribution is 2.12. The van der Waals surface area contributed by atoms with E-state index in [0.29, 0.717) is 12.1 Å². The molecule has 0 rings (SSSR count). The van der Waals surface area contributed by atoms with Crippen molar-refractivity contribution in [1.82, 2.24) is 4.31 Å². The average molecular weight is 161 g/mol. The van der Waals surface area contributed by atoms with Gasteiger partial charge >= 0.3 is 0 Å². The van der Waals surface area contributed by atoms with E-state index in [-0.39, 0.29) is 0 Å². The summed E-state index contributed by atoms with van der Waals surface area (Å²) in [6.45, 7) is 8.80. The lowest BCUT2D eigenvalue weighted by molar-refractivity contribution is 0.293. The van der Waals surface area contributed by atoms with Crippen LogP contribution < -0.4 is 0 Å². The van der Waals surface area contributed by atoms with Crippen LogP contribution in [-0.2, 0) is 0 Å². The standard InChI is InChI=1S/C8H19NS/c1-5-7(3)9(10)8(4)6-2/h7-8,10H,5-6H2,1-4H3. The predicted octanol–water partition coefficient (Wildman–Crippen LogP) is 2.73. The summed E-state index contributed by atoms with van der Waals surface area (Å²) in [6.07, 6.45) is 2.35. The Bertz CT molecular complexity index is 75.3. The molecule has 0 spiro atoms. The van der Waals surface area contributed by atoms with Gasteiger partial charge in [0.1, 0.15) is 0 Å². The van der Waals surface area contributed by atoms with Gasteiger partial charge in [-0.1, -0.05) is 26.7 Å². The van der Waals surface area contributed by atoms with Crippen LogP contribution in [0.15, 0.2) is 0 Å². The summed E-state index contributed by atoms with van der Waals surface area (Å²) in [5.74, 6) is 0. The molecule has 1 nitrogen and oxygen atoms in total. The molecule has 2 atom stereocenters. The zero-order valence-electron chi connectivity index (χ0n) is 7.46. The van der Waals surface area contributed by atoms with Crippen LogP contribution in [0.4, 0.5) is 0 Å². The summed E-state index contributed by atoms with van der Waals surface area (Å²) in [5.41, 5.74) is 0. The van der Waals surface area contributed by atoms with Crippen molar-refractivity contribution in [2.75, 3.05) is 0 Å². The van der Waals surface area contributed by atoms with E-state index in [1.807, 2.05) is 0 Å². The zero-order valence-corrected chi connectivity index (χ0v) is 8.36. The molecular formula is C8H19NS. The summed E-state index contributed by atoms with van der Waals surface area (Å²) in [5, 5.41) is 0. The predicted molar refractivity (Wildman–Crippen MR) is 50.3 cm³/mol. The second-order valence-electron chi connectivity index (χ2n) is 2.89. The molecule has 0 heterocycles. The van der Waals surface area contributed by atoms with Crippen LogP contribution in [0.3, 0.4) is 0 Å². The molecule has 0 aliphatic rings. The molecule has 0 aliphatic carbocycles. The highest BCUT2D eigenvalue weighted by atomic mass is 32.1. The minimum atomic E-state index is 0.596. The molecule has 0 aromatic rings. The molecule has 0 aromatic carbocycles. The van der Waals surface area contributed by atoms with E-state index in [1.165, 1.54) is 12.8 Å². The Morgan fingerprint density at radius 3 is 1.60 bits per heavy atom. The van der Waals surface area contributed by atoms with Gasteiger partial charge in [0.05, 0.1) is 0 Å². The molecule has 0 aliphatic heterocycles. The summed E-state index contributed by atoms with van der Waals surface area (Å²) in [4.78, 5) is 0. The topological polar surface area (TPSA) is 3.24 Å². The van der Waals surface area contributed by atoms with Gasteiger partial charge in [-0.25, -0.2) is 4.31 Å². The van der Waals surface area contributed by atoms with Crippen molar-refractivity contribution < 1.29 is 0 Å².